The number of nitrogens with two attached hydrogens (primary N) is 1. The van der Waals surface area contributed by atoms with E-state index in [0.29, 0.717) is 18.6 Å². The maximum absolute atomic E-state index is 11.6. The Morgan fingerprint density at radius 3 is 2.39 bits per heavy atom. The van der Waals surface area contributed by atoms with Crippen molar-refractivity contribution in [3.05, 3.63) is 101 Å². The van der Waals surface area contributed by atoms with E-state index in [-0.39, 0.29) is 5.97 Å². The lowest BCUT2D eigenvalue weighted by molar-refractivity contribution is 0.0600. The van der Waals surface area contributed by atoms with Gasteiger partial charge in [0, 0.05) is 12.6 Å². The van der Waals surface area contributed by atoms with Crippen LogP contribution in [-0.4, -0.2) is 19.3 Å². The molecule has 0 saturated carbocycles. The number of hydrogen-bond donors (Lipinski definition) is 1. The van der Waals surface area contributed by atoms with Crippen molar-refractivity contribution in [2.75, 3.05) is 7.11 Å². The first kappa shape index (κ1) is 22.1. The molecule has 0 saturated heterocycles. The molecule has 3 rings (SSSR count). The van der Waals surface area contributed by atoms with E-state index in [2.05, 4.69) is 29.4 Å². The number of methoxy groups -OCH3 is 1. The molecule has 0 unspecified atom stereocenters. The zero-order valence-electron chi connectivity index (χ0n) is 17.8. The van der Waals surface area contributed by atoms with Crippen LogP contribution in [0.2, 0.25) is 0 Å². The molecule has 0 amide bonds. The summed E-state index contributed by atoms with van der Waals surface area (Å²) in [4.78, 5) is 11.6. The van der Waals surface area contributed by atoms with Gasteiger partial charge < -0.3 is 15.3 Å². The average molecular weight is 417 g/mol. The van der Waals surface area contributed by atoms with Gasteiger partial charge in [0.15, 0.2) is 0 Å². The van der Waals surface area contributed by atoms with Gasteiger partial charge in [-0.15, -0.1) is 0 Å². The number of carbonyl (C=O) groups is 1. The summed E-state index contributed by atoms with van der Waals surface area (Å²) in [5.41, 5.74) is 5.21. The molecular formula is C26H28N2O3. The van der Waals surface area contributed by atoms with E-state index < -0.39 is 0 Å². The van der Waals surface area contributed by atoms with E-state index in [9.17, 15) is 4.79 Å². The second-order valence-corrected chi connectivity index (χ2v) is 7.29. The molecule has 0 aliphatic rings. The third kappa shape index (κ3) is 6.71. The highest BCUT2D eigenvalue weighted by molar-refractivity contribution is 5.89. The number of rotatable bonds is 10. The van der Waals surface area contributed by atoms with Gasteiger partial charge in [0.1, 0.15) is 12.4 Å². The Labute approximate surface area is 183 Å². The molecule has 5 nitrogen and oxygen atoms in total. The summed E-state index contributed by atoms with van der Waals surface area (Å²) in [6.45, 7) is 0.534. The molecule has 0 bridgehead atoms. The molecule has 5 heteroatoms. The fourth-order valence-corrected chi connectivity index (χ4v) is 3.40. The number of benzene rings is 3. The Balaban J connectivity index is 1.65. The molecule has 3 aromatic carbocycles. The minimum atomic E-state index is -0.315. The van der Waals surface area contributed by atoms with Gasteiger partial charge in [0.25, 0.3) is 0 Å². The van der Waals surface area contributed by atoms with Crippen molar-refractivity contribution >= 4 is 12.2 Å². The first-order valence-electron chi connectivity index (χ1n) is 10.4. The van der Waals surface area contributed by atoms with Crippen molar-refractivity contribution < 1.29 is 14.3 Å². The standard InChI is InChI=1S/C26H28N2O3/c1-30-26(29)23-13-10-20(11-14-23)8-5-9-24-18-21(16-17-28-27)12-15-25(24)31-19-22-6-3-2-4-7-22/h2-4,6-7,10-15,17-18H,5,8-9,16,19,27H2,1H3. The van der Waals surface area contributed by atoms with E-state index in [1.165, 1.54) is 18.2 Å². The first-order chi connectivity index (χ1) is 15.2. The van der Waals surface area contributed by atoms with Crippen LogP contribution in [0.3, 0.4) is 0 Å². The second-order valence-electron chi connectivity index (χ2n) is 7.29. The van der Waals surface area contributed by atoms with E-state index in [0.717, 1.165) is 36.1 Å². The average Bonchev–Trinajstić information content (AvgIpc) is 2.82. The highest BCUT2D eigenvalue weighted by atomic mass is 16.5. The minimum absolute atomic E-state index is 0.315. The Kier molecular flexibility index (Phi) is 8.23. The summed E-state index contributed by atoms with van der Waals surface area (Å²) < 4.78 is 10.9. The summed E-state index contributed by atoms with van der Waals surface area (Å²) in [7, 11) is 1.39. The molecular weight excluding hydrogens is 388 g/mol. The van der Waals surface area contributed by atoms with Gasteiger partial charge in [-0.1, -0.05) is 54.6 Å². The zero-order chi connectivity index (χ0) is 21.9. The van der Waals surface area contributed by atoms with Crippen molar-refractivity contribution in [3.63, 3.8) is 0 Å². The van der Waals surface area contributed by atoms with Crippen LogP contribution in [0.1, 0.15) is 39.0 Å². The summed E-state index contributed by atoms with van der Waals surface area (Å²) in [5, 5.41) is 3.60. The van der Waals surface area contributed by atoms with Crippen molar-refractivity contribution in [1.29, 1.82) is 0 Å². The smallest absolute Gasteiger partial charge is 0.337 e. The third-order valence-corrected chi connectivity index (χ3v) is 5.08. The normalized spacial score (nSPS) is 10.9. The number of carbonyl (C=O) groups excluding carboxylic acids is 1. The second kappa shape index (κ2) is 11.6. The van der Waals surface area contributed by atoms with Crippen LogP contribution in [0.4, 0.5) is 0 Å². The summed E-state index contributed by atoms with van der Waals surface area (Å²) >= 11 is 0. The lowest BCUT2D eigenvalue weighted by Gasteiger charge is -2.13. The molecule has 0 aliphatic carbocycles. The number of ether oxygens (including phenoxy) is 2. The van der Waals surface area contributed by atoms with Gasteiger partial charge >= 0.3 is 5.97 Å². The molecule has 0 fully saturated rings. The van der Waals surface area contributed by atoms with Crippen LogP contribution in [0, 0.1) is 0 Å². The Morgan fingerprint density at radius 1 is 0.935 bits per heavy atom. The number of nitrogens with zero attached hydrogens (tertiary/aromatic N) is 1. The highest BCUT2D eigenvalue weighted by Crippen LogP contribution is 2.24. The van der Waals surface area contributed by atoms with Crippen LogP contribution in [-0.2, 0) is 30.6 Å². The molecule has 0 radical (unpaired) electrons. The van der Waals surface area contributed by atoms with Crippen molar-refractivity contribution in [3.8, 4) is 5.75 Å². The van der Waals surface area contributed by atoms with Crippen LogP contribution in [0.15, 0.2) is 77.9 Å². The fraction of sp³-hybridized carbons (Fsp3) is 0.231. The van der Waals surface area contributed by atoms with Crippen molar-refractivity contribution in [2.24, 2.45) is 10.9 Å². The van der Waals surface area contributed by atoms with E-state index in [1.54, 1.807) is 6.21 Å². The maximum Gasteiger partial charge on any atom is 0.337 e. The Bertz CT molecular complexity index is 999. The minimum Gasteiger partial charge on any atom is -0.489 e. The van der Waals surface area contributed by atoms with Gasteiger partial charge in [-0.05, 0) is 59.7 Å². The summed E-state index contributed by atoms with van der Waals surface area (Å²) in [6.07, 6.45) is 5.15. The summed E-state index contributed by atoms with van der Waals surface area (Å²) in [5.74, 6) is 5.84. The van der Waals surface area contributed by atoms with Gasteiger partial charge in [0.05, 0.1) is 12.7 Å². The Morgan fingerprint density at radius 2 is 1.68 bits per heavy atom. The molecule has 0 heterocycles. The largest absolute Gasteiger partial charge is 0.489 e. The number of esters is 1. The van der Waals surface area contributed by atoms with Crippen molar-refractivity contribution in [2.45, 2.75) is 32.3 Å². The zero-order valence-corrected chi connectivity index (χ0v) is 17.8. The van der Waals surface area contributed by atoms with E-state index in [4.69, 9.17) is 15.3 Å². The monoisotopic (exact) mass is 416 g/mol. The lowest BCUT2D eigenvalue weighted by atomic mass is 10.00. The molecule has 0 spiro atoms. The quantitative estimate of drug-likeness (QED) is 0.225. The van der Waals surface area contributed by atoms with Crippen LogP contribution < -0.4 is 10.6 Å². The number of aryl methyl sites for hydroxylation is 2. The van der Waals surface area contributed by atoms with E-state index >= 15 is 0 Å². The third-order valence-electron chi connectivity index (χ3n) is 5.08. The molecule has 0 atom stereocenters. The van der Waals surface area contributed by atoms with Crippen molar-refractivity contribution in [1.82, 2.24) is 0 Å². The first-order valence-corrected chi connectivity index (χ1v) is 10.4. The molecule has 3 aromatic rings. The fourth-order valence-electron chi connectivity index (χ4n) is 3.40. The molecule has 0 aromatic heterocycles. The van der Waals surface area contributed by atoms with E-state index in [1.807, 2.05) is 48.5 Å². The SMILES string of the molecule is COC(=O)c1ccc(CCCc2cc(CC=NN)ccc2OCc2ccccc2)cc1. The maximum atomic E-state index is 11.6. The predicted octanol–water partition coefficient (Wildman–Crippen LogP) is 4.71. The molecule has 0 aliphatic heterocycles. The molecule has 160 valence electrons. The van der Waals surface area contributed by atoms with Gasteiger partial charge in [-0.25, -0.2) is 4.79 Å². The predicted molar refractivity (Wildman–Crippen MR) is 123 cm³/mol. The highest BCUT2D eigenvalue weighted by Gasteiger charge is 2.08. The van der Waals surface area contributed by atoms with Crippen LogP contribution >= 0.6 is 0 Å². The number of hydrogen-bond acceptors (Lipinski definition) is 5. The van der Waals surface area contributed by atoms with Gasteiger partial charge in [-0.2, -0.15) is 5.10 Å². The lowest BCUT2D eigenvalue weighted by Crippen LogP contribution is -2.02. The summed E-state index contributed by atoms with van der Waals surface area (Å²) in [6, 6.07) is 24.0. The number of hydrazone groups is 1. The van der Waals surface area contributed by atoms with Crippen LogP contribution in [0.25, 0.3) is 0 Å². The topological polar surface area (TPSA) is 73.9 Å². The van der Waals surface area contributed by atoms with Gasteiger partial charge in [0.2, 0.25) is 0 Å². The Hall–Kier alpha value is -3.60. The van der Waals surface area contributed by atoms with Crippen LogP contribution in [0.5, 0.6) is 5.75 Å². The van der Waals surface area contributed by atoms with Gasteiger partial charge in [-0.3, -0.25) is 0 Å². The molecule has 2 N–H and O–H groups in total. The molecule has 31 heavy (non-hydrogen) atoms.